The molecule has 1 aromatic rings. The average molecular weight is 318 g/mol. The normalized spacial score (nSPS) is 12.3. The number of halogens is 2. The Labute approximate surface area is 125 Å². The first-order valence-electron chi connectivity index (χ1n) is 5.70. The minimum atomic E-state index is -1.20. The Bertz CT molecular complexity index is 511. The second kappa shape index (κ2) is 7.89. The Morgan fingerprint density at radius 2 is 1.85 bits per heavy atom. The number of amides is 1. The van der Waals surface area contributed by atoms with Crippen molar-refractivity contribution < 1.29 is 19.8 Å². The van der Waals surface area contributed by atoms with E-state index in [1.807, 2.05) is 0 Å². The highest BCUT2D eigenvalue weighted by Crippen LogP contribution is 2.19. The third kappa shape index (κ3) is 5.61. The van der Waals surface area contributed by atoms with Crippen LogP contribution < -0.4 is 5.32 Å². The van der Waals surface area contributed by atoms with E-state index in [0.29, 0.717) is 15.6 Å². The number of nitrogens with one attached hydrogen (secondary N) is 1. The maximum absolute atomic E-state index is 11.6. The number of carboxylic acids is 1. The zero-order valence-electron chi connectivity index (χ0n) is 10.3. The highest BCUT2D eigenvalue weighted by Gasteiger charge is 2.17. The van der Waals surface area contributed by atoms with Crippen LogP contribution in [0.5, 0.6) is 0 Å². The lowest BCUT2D eigenvalue weighted by atomic mass is 10.2. The number of carbonyl (C=O) groups is 2. The third-order valence-electron chi connectivity index (χ3n) is 2.34. The highest BCUT2D eigenvalue weighted by atomic mass is 35.5. The van der Waals surface area contributed by atoms with Crippen LogP contribution in [0.15, 0.2) is 24.3 Å². The minimum Gasteiger partial charge on any atom is -0.480 e. The molecule has 0 aliphatic rings. The van der Waals surface area contributed by atoms with Crippen molar-refractivity contribution in [1.82, 2.24) is 5.32 Å². The summed E-state index contributed by atoms with van der Waals surface area (Å²) in [4.78, 5) is 22.4. The Balaban J connectivity index is 2.69. The van der Waals surface area contributed by atoms with Crippen molar-refractivity contribution in [1.29, 1.82) is 0 Å². The number of hydrogen-bond acceptors (Lipinski definition) is 3. The molecule has 1 rings (SSSR count). The van der Waals surface area contributed by atoms with E-state index in [2.05, 4.69) is 5.32 Å². The molecule has 0 saturated carbocycles. The van der Waals surface area contributed by atoms with E-state index in [4.69, 9.17) is 33.4 Å². The Morgan fingerprint density at radius 1 is 1.25 bits per heavy atom. The number of aliphatic carboxylic acids is 1. The van der Waals surface area contributed by atoms with Gasteiger partial charge in [0.1, 0.15) is 6.04 Å². The van der Waals surface area contributed by atoms with Crippen LogP contribution in [0.4, 0.5) is 0 Å². The summed E-state index contributed by atoms with van der Waals surface area (Å²) in [5.74, 6) is -1.78. The van der Waals surface area contributed by atoms with Gasteiger partial charge < -0.3 is 15.5 Å². The van der Waals surface area contributed by atoms with E-state index >= 15 is 0 Å². The van der Waals surface area contributed by atoms with Crippen molar-refractivity contribution in [2.24, 2.45) is 0 Å². The molecule has 0 bridgehead atoms. The van der Waals surface area contributed by atoms with Gasteiger partial charge in [0.2, 0.25) is 5.91 Å². The van der Waals surface area contributed by atoms with Gasteiger partial charge in [0.05, 0.1) is 0 Å². The summed E-state index contributed by atoms with van der Waals surface area (Å²) in [7, 11) is 0. The largest absolute Gasteiger partial charge is 0.480 e. The van der Waals surface area contributed by atoms with Crippen molar-refractivity contribution in [3.63, 3.8) is 0 Å². The van der Waals surface area contributed by atoms with Gasteiger partial charge in [-0.1, -0.05) is 23.2 Å². The number of carboxylic acid groups (broad SMARTS) is 1. The number of aliphatic hydroxyl groups is 1. The molecule has 0 aliphatic carbocycles. The van der Waals surface area contributed by atoms with Gasteiger partial charge in [0, 0.05) is 29.1 Å². The van der Waals surface area contributed by atoms with Crippen molar-refractivity contribution in [3.05, 3.63) is 39.9 Å². The number of rotatable bonds is 6. The van der Waals surface area contributed by atoms with Crippen LogP contribution in [-0.2, 0) is 9.59 Å². The lowest BCUT2D eigenvalue weighted by Gasteiger charge is -2.11. The average Bonchev–Trinajstić information content (AvgIpc) is 2.34. The summed E-state index contributed by atoms with van der Waals surface area (Å²) in [6.07, 6.45) is 2.58. The smallest absolute Gasteiger partial charge is 0.326 e. The fourth-order valence-electron chi connectivity index (χ4n) is 1.45. The molecule has 20 heavy (non-hydrogen) atoms. The van der Waals surface area contributed by atoms with Gasteiger partial charge >= 0.3 is 5.97 Å². The molecule has 0 saturated heterocycles. The summed E-state index contributed by atoms with van der Waals surface area (Å²) in [6, 6.07) is 3.65. The molecule has 0 aliphatic heterocycles. The van der Waals surface area contributed by atoms with E-state index in [1.54, 1.807) is 18.2 Å². The number of aliphatic hydroxyl groups excluding tert-OH is 1. The molecular formula is C13H13Cl2NO4. The molecule has 1 amide bonds. The molecule has 0 fully saturated rings. The zero-order valence-corrected chi connectivity index (χ0v) is 11.9. The van der Waals surface area contributed by atoms with E-state index in [1.165, 1.54) is 12.2 Å². The van der Waals surface area contributed by atoms with E-state index in [0.717, 1.165) is 0 Å². The summed E-state index contributed by atoms with van der Waals surface area (Å²) < 4.78 is 0. The van der Waals surface area contributed by atoms with E-state index < -0.39 is 17.9 Å². The first kappa shape index (κ1) is 16.5. The van der Waals surface area contributed by atoms with Gasteiger partial charge in [-0.3, -0.25) is 4.79 Å². The van der Waals surface area contributed by atoms with Crippen molar-refractivity contribution >= 4 is 41.2 Å². The molecule has 108 valence electrons. The van der Waals surface area contributed by atoms with Crippen LogP contribution in [0, 0.1) is 0 Å². The second-order valence-electron chi connectivity index (χ2n) is 3.95. The molecule has 0 aromatic heterocycles. The minimum absolute atomic E-state index is 0.0576. The monoisotopic (exact) mass is 317 g/mol. The summed E-state index contributed by atoms with van der Waals surface area (Å²) in [6.45, 7) is -0.329. The van der Waals surface area contributed by atoms with Crippen molar-refractivity contribution in [3.8, 4) is 0 Å². The first-order valence-corrected chi connectivity index (χ1v) is 6.46. The first-order chi connectivity index (χ1) is 9.42. The topological polar surface area (TPSA) is 86.6 Å². The number of benzene rings is 1. The van der Waals surface area contributed by atoms with Gasteiger partial charge in [-0.15, -0.1) is 0 Å². The summed E-state index contributed by atoms with van der Waals surface area (Å²) >= 11 is 11.6. The van der Waals surface area contributed by atoms with Gasteiger partial charge in [-0.2, -0.15) is 0 Å². The molecule has 7 heteroatoms. The van der Waals surface area contributed by atoms with Crippen LogP contribution in [-0.4, -0.2) is 34.7 Å². The molecule has 5 nitrogen and oxygen atoms in total. The summed E-state index contributed by atoms with van der Waals surface area (Å²) in [5.41, 5.74) is 0.617. The lowest BCUT2D eigenvalue weighted by Crippen LogP contribution is -2.40. The van der Waals surface area contributed by atoms with Crippen molar-refractivity contribution in [2.45, 2.75) is 12.5 Å². The van der Waals surface area contributed by atoms with Crippen LogP contribution in [0.1, 0.15) is 12.0 Å². The lowest BCUT2D eigenvalue weighted by molar-refractivity contribution is -0.141. The highest BCUT2D eigenvalue weighted by molar-refractivity contribution is 6.34. The standard InChI is InChI=1S/C13H13Cl2NO4/c14-9-5-8(6-10(15)7-9)1-2-12(18)16-11(3-4-17)13(19)20/h1-2,5-7,11,17H,3-4H2,(H,16,18)(H,19,20). The molecule has 0 heterocycles. The van der Waals surface area contributed by atoms with Crippen molar-refractivity contribution in [2.75, 3.05) is 6.61 Å². The Hall–Kier alpha value is -1.56. The van der Waals surface area contributed by atoms with Gasteiger partial charge in [0.25, 0.3) is 0 Å². The SMILES string of the molecule is O=C(C=Cc1cc(Cl)cc(Cl)c1)NC(CCO)C(=O)O. The van der Waals surface area contributed by atoms with Crippen LogP contribution in [0.25, 0.3) is 6.08 Å². The van der Waals surface area contributed by atoms with Gasteiger partial charge in [-0.05, 0) is 29.8 Å². The molecule has 1 aromatic carbocycles. The van der Waals surface area contributed by atoms with Crippen LogP contribution in [0.2, 0.25) is 10.0 Å². The van der Waals surface area contributed by atoms with E-state index in [9.17, 15) is 9.59 Å². The predicted molar refractivity (Wildman–Crippen MR) is 76.8 cm³/mol. The number of hydrogen-bond donors (Lipinski definition) is 3. The Kier molecular flexibility index (Phi) is 6.51. The molecule has 0 spiro atoms. The van der Waals surface area contributed by atoms with Crippen LogP contribution >= 0.6 is 23.2 Å². The predicted octanol–water partition coefficient (Wildman–Crippen LogP) is 1.96. The molecular weight excluding hydrogens is 305 g/mol. The zero-order chi connectivity index (χ0) is 15.1. The van der Waals surface area contributed by atoms with Gasteiger partial charge in [-0.25, -0.2) is 4.79 Å². The Morgan fingerprint density at radius 3 is 2.35 bits per heavy atom. The van der Waals surface area contributed by atoms with E-state index in [-0.39, 0.29) is 13.0 Å². The molecule has 1 unspecified atom stereocenters. The molecule has 3 N–H and O–H groups in total. The fourth-order valence-corrected chi connectivity index (χ4v) is 1.99. The maximum atomic E-state index is 11.6. The quantitative estimate of drug-likeness (QED) is 0.700. The summed E-state index contributed by atoms with van der Waals surface area (Å²) in [5, 5.41) is 20.7. The molecule has 0 radical (unpaired) electrons. The number of carbonyl (C=O) groups excluding carboxylic acids is 1. The van der Waals surface area contributed by atoms with Crippen LogP contribution in [0.3, 0.4) is 0 Å². The molecule has 1 atom stereocenters. The second-order valence-corrected chi connectivity index (χ2v) is 4.82. The van der Waals surface area contributed by atoms with Gasteiger partial charge in [0.15, 0.2) is 0 Å². The third-order valence-corrected chi connectivity index (χ3v) is 2.78. The fraction of sp³-hybridized carbons (Fsp3) is 0.231. The maximum Gasteiger partial charge on any atom is 0.326 e.